The lowest BCUT2D eigenvalue weighted by molar-refractivity contribution is -0.120. The van der Waals surface area contributed by atoms with E-state index in [2.05, 4.69) is 5.32 Å². The Morgan fingerprint density at radius 1 is 1.20 bits per heavy atom. The number of alkyl carbamates (subject to hydrolysis) is 1. The molecular formula is C14H20N2O4. The van der Waals surface area contributed by atoms with Gasteiger partial charge in [-0.2, -0.15) is 0 Å². The van der Waals surface area contributed by atoms with E-state index in [1.165, 1.54) is 0 Å². The molecule has 0 spiro atoms. The fourth-order valence-electron chi connectivity index (χ4n) is 1.54. The van der Waals surface area contributed by atoms with Crippen LogP contribution in [0.1, 0.15) is 32.4 Å². The first-order valence-electron chi connectivity index (χ1n) is 6.15. The molecule has 0 radical (unpaired) electrons. The fraction of sp³-hybridized carbons (Fsp3) is 0.429. The van der Waals surface area contributed by atoms with Crippen LogP contribution in [0.15, 0.2) is 24.3 Å². The molecule has 6 heteroatoms. The van der Waals surface area contributed by atoms with Crippen LogP contribution in [-0.2, 0) is 9.53 Å². The Labute approximate surface area is 118 Å². The Balaban J connectivity index is 2.83. The van der Waals surface area contributed by atoms with E-state index in [0.717, 1.165) is 0 Å². The van der Waals surface area contributed by atoms with Gasteiger partial charge in [0.25, 0.3) is 0 Å². The van der Waals surface area contributed by atoms with Gasteiger partial charge in [-0.25, -0.2) is 4.79 Å². The zero-order chi connectivity index (χ0) is 15.3. The highest BCUT2D eigenvalue weighted by atomic mass is 16.6. The predicted molar refractivity (Wildman–Crippen MR) is 74.3 cm³/mol. The van der Waals surface area contributed by atoms with E-state index in [1.54, 1.807) is 52.1 Å². The molecule has 110 valence electrons. The largest absolute Gasteiger partial charge is 0.497 e. The molecule has 0 saturated carbocycles. The van der Waals surface area contributed by atoms with Crippen LogP contribution >= 0.6 is 0 Å². The van der Waals surface area contributed by atoms with Crippen LogP contribution in [0.2, 0.25) is 0 Å². The van der Waals surface area contributed by atoms with Gasteiger partial charge in [0.1, 0.15) is 17.4 Å². The third kappa shape index (κ3) is 4.79. The van der Waals surface area contributed by atoms with Gasteiger partial charge in [0.05, 0.1) is 7.11 Å². The molecule has 0 aromatic heterocycles. The molecule has 0 aliphatic carbocycles. The van der Waals surface area contributed by atoms with Crippen molar-refractivity contribution in [1.29, 1.82) is 0 Å². The molecule has 2 amide bonds. The molecule has 1 unspecified atom stereocenters. The quantitative estimate of drug-likeness (QED) is 0.879. The molecule has 3 N–H and O–H groups in total. The molecule has 1 rings (SSSR count). The summed E-state index contributed by atoms with van der Waals surface area (Å²) in [5, 5.41) is 2.45. The average Bonchev–Trinajstić information content (AvgIpc) is 2.34. The molecule has 1 aromatic rings. The molecule has 0 aliphatic rings. The van der Waals surface area contributed by atoms with Crippen LogP contribution in [0.25, 0.3) is 0 Å². The molecule has 0 fully saturated rings. The summed E-state index contributed by atoms with van der Waals surface area (Å²) < 4.78 is 10.1. The summed E-state index contributed by atoms with van der Waals surface area (Å²) in [5.74, 6) is -0.0183. The number of amides is 2. The van der Waals surface area contributed by atoms with Gasteiger partial charge in [-0.1, -0.05) is 12.1 Å². The third-order valence-corrected chi connectivity index (χ3v) is 2.39. The molecule has 1 aromatic carbocycles. The van der Waals surface area contributed by atoms with Crippen molar-refractivity contribution in [1.82, 2.24) is 5.32 Å². The smallest absolute Gasteiger partial charge is 0.408 e. The number of hydrogen-bond donors (Lipinski definition) is 2. The first-order valence-corrected chi connectivity index (χ1v) is 6.15. The summed E-state index contributed by atoms with van der Waals surface area (Å²) in [7, 11) is 1.54. The number of carbonyl (C=O) groups excluding carboxylic acids is 2. The topological polar surface area (TPSA) is 90.7 Å². The van der Waals surface area contributed by atoms with Gasteiger partial charge in [-0.15, -0.1) is 0 Å². The highest BCUT2D eigenvalue weighted by molar-refractivity contribution is 5.85. The van der Waals surface area contributed by atoms with Crippen LogP contribution in [0, 0.1) is 0 Å². The highest BCUT2D eigenvalue weighted by Gasteiger charge is 2.24. The maximum atomic E-state index is 11.7. The molecule has 0 bridgehead atoms. The summed E-state index contributed by atoms with van der Waals surface area (Å²) >= 11 is 0. The van der Waals surface area contributed by atoms with E-state index in [-0.39, 0.29) is 0 Å². The minimum absolute atomic E-state index is 0.559. The maximum Gasteiger partial charge on any atom is 0.408 e. The van der Waals surface area contributed by atoms with Crippen LogP contribution in [-0.4, -0.2) is 24.7 Å². The van der Waals surface area contributed by atoms with Crippen molar-refractivity contribution in [2.24, 2.45) is 5.73 Å². The van der Waals surface area contributed by atoms with Crippen molar-refractivity contribution in [2.75, 3.05) is 7.11 Å². The normalized spacial score (nSPS) is 12.4. The predicted octanol–water partition coefficient (Wildman–Crippen LogP) is 1.75. The molecule has 6 nitrogen and oxygen atoms in total. The summed E-state index contributed by atoms with van der Waals surface area (Å²) in [6, 6.07) is 5.73. The standard InChI is InChI=1S/C14H20N2O4/c1-14(2,3)20-13(18)16-11(12(15)17)9-5-7-10(19-4)8-6-9/h5-8,11H,1-4H3,(H2,15,17)(H,16,18). The van der Waals surface area contributed by atoms with Crippen molar-refractivity contribution in [2.45, 2.75) is 32.4 Å². The van der Waals surface area contributed by atoms with Crippen molar-refractivity contribution in [3.05, 3.63) is 29.8 Å². The second kappa shape index (κ2) is 6.27. The molecule has 20 heavy (non-hydrogen) atoms. The number of benzene rings is 1. The number of methoxy groups -OCH3 is 1. The first kappa shape index (κ1) is 15.8. The lowest BCUT2D eigenvalue weighted by Gasteiger charge is -2.22. The average molecular weight is 280 g/mol. The van der Waals surface area contributed by atoms with Gasteiger partial charge in [-0.05, 0) is 38.5 Å². The fourth-order valence-corrected chi connectivity index (χ4v) is 1.54. The van der Waals surface area contributed by atoms with Crippen molar-refractivity contribution < 1.29 is 19.1 Å². The van der Waals surface area contributed by atoms with Crippen LogP contribution in [0.5, 0.6) is 5.75 Å². The minimum atomic E-state index is -0.948. The van der Waals surface area contributed by atoms with Crippen LogP contribution < -0.4 is 15.8 Å². The highest BCUT2D eigenvalue weighted by Crippen LogP contribution is 2.18. The lowest BCUT2D eigenvalue weighted by Crippen LogP contribution is -2.40. The van der Waals surface area contributed by atoms with Gasteiger partial charge < -0.3 is 20.5 Å². The Morgan fingerprint density at radius 2 is 1.75 bits per heavy atom. The lowest BCUT2D eigenvalue weighted by atomic mass is 10.1. The van der Waals surface area contributed by atoms with E-state index < -0.39 is 23.6 Å². The summed E-state index contributed by atoms with van der Waals surface area (Å²) in [5.41, 5.74) is 5.22. The number of ether oxygens (including phenoxy) is 2. The van der Waals surface area contributed by atoms with Gasteiger partial charge >= 0.3 is 6.09 Å². The molecule has 1 atom stereocenters. The van der Waals surface area contributed by atoms with Gasteiger partial charge in [0.15, 0.2) is 0 Å². The number of nitrogens with one attached hydrogen (secondary N) is 1. The Bertz CT molecular complexity index is 477. The van der Waals surface area contributed by atoms with E-state index >= 15 is 0 Å². The third-order valence-electron chi connectivity index (χ3n) is 2.39. The number of hydrogen-bond acceptors (Lipinski definition) is 4. The second-order valence-electron chi connectivity index (χ2n) is 5.25. The zero-order valence-electron chi connectivity index (χ0n) is 12.1. The summed E-state index contributed by atoms with van der Waals surface area (Å²) in [6.07, 6.45) is -0.697. The summed E-state index contributed by atoms with van der Waals surface area (Å²) in [6.45, 7) is 5.21. The number of nitrogens with two attached hydrogens (primary N) is 1. The molecule has 0 saturated heterocycles. The Morgan fingerprint density at radius 3 is 2.15 bits per heavy atom. The monoisotopic (exact) mass is 280 g/mol. The summed E-state index contributed by atoms with van der Waals surface area (Å²) in [4.78, 5) is 23.2. The Kier molecular flexibility index (Phi) is 4.96. The van der Waals surface area contributed by atoms with Crippen molar-refractivity contribution >= 4 is 12.0 Å². The first-order chi connectivity index (χ1) is 9.23. The number of rotatable bonds is 4. The second-order valence-corrected chi connectivity index (χ2v) is 5.25. The van der Waals surface area contributed by atoms with Crippen molar-refractivity contribution in [3.63, 3.8) is 0 Å². The molecule has 0 aliphatic heterocycles. The van der Waals surface area contributed by atoms with Crippen LogP contribution in [0.3, 0.4) is 0 Å². The SMILES string of the molecule is COc1ccc(C(NC(=O)OC(C)(C)C)C(N)=O)cc1. The van der Waals surface area contributed by atoms with Crippen LogP contribution in [0.4, 0.5) is 4.79 Å². The van der Waals surface area contributed by atoms with Gasteiger partial charge in [-0.3, -0.25) is 4.79 Å². The minimum Gasteiger partial charge on any atom is -0.497 e. The van der Waals surface area contributed by atoms with E-state index in [1.807, 2.05) is 0 Å². The maximum absolute atomic E-state index is 11.7. The molecule has 0 heterocycles. The van der Waals surface area contributed by atoms with E-state index in [0.29, 0.717) is 11.3 Å². The van der Waals surface area contributed by atoms with Gasteiger partial charge in [0, 0.05) is 0 Å². The van der Waals surface area contributed by atoms with Crippen molar-refractivity contribution in [3.8, 4) is 5.75 Å². The molecular weight excluding hydrogens is 260 g/mol. The zero-order valence-corrected chi connectivity index (χ0v) is 12.1. The number of carbonyl (C=O) groups is 2. The van der Waals surface area contributed by atoms with Gasteiger partial charge in [0.2, 0.25) is 5.91 Å². The Hall–Kier alpha value is -2.24. The van der Waals surface area contributed by atoms with E-state index in [9.17, 15) is 9.59 Å². The number of primary amides is 1. The van der Waals surface area contributed by atoms with E-state index in [4.69, 9.17) is 15.2 Å².